The van der Waals surface area contributed by atoms with Gasteiger partial charge in [0.1, 0.15) is 0 Å². The number of carbonyl (C=O) groups is 1. The van der Waals surface area contributed by atoms with E-state index >= 15 is 0 Å². The summed E-state index contributed by atoms with van der Waals surface area (Å²) in [7, 11) is 0. The van der Waals surface area contributed by atoms with Crippen LogP contribution >= 0.6 is 0 Å². The maximum Gasteiger partial charge on any atom is 0.165 e. The van der Waals surface area contributed by atoms with Gasteiger partial charge >= 0.3 is 0 Å². The summed E-state index contributed by atoms with van der Waals surface area (Å²) in [6.07, 6.45) is 3.68. The van der Waals surface area contributed by atoms with Crippen molar-refractivity contribution in [2.24, 2.45) is 0 Å². The number of nitrogens with one attached hydrogen (secondary N) is 1. The lowest BCUT2D eigenvalue weighted by molar-refractivity contribution is 0.0988. The van der Waals surface area contributed by atoms with Crippen LogP contribution in [0.5, 0.6) is 0 Å². The van der Waals surface area contributed by atoms with Crippen molar-refractivity contribution < 1.29 is 4.79 Å². The molecule has 0 bridgehead atoms. The predicted molar refractivity (Wildman–Crippen MR) is 44.6 cm³/mol. The Morgan fingerprint density at radius 2 is 2.27 bits per heavy atom. The number of aromatic nitrogens is 2. The van der Waals surface area contributed by atoms with Crippen LogP contribution in [0.3, 0.4) is 0 Å². The van der Waals surface area contributed by atoms with E-state index < -0.39 is 0 Å². The Hall–Kier alpha value is -1.12. The molecule has 0 radical (unpaired) electrons. The molecule has 0 unspecified atom stereocenters. The largest absolute Gasteiger partial charge is 0.294 e. The Morgan fingerprint density at radius 1 is 1.64 bits per heavy atom. The van der Waals surface area contributed by atoms with Crippen LogP contribution in [0.15, 0.2) is 12.4 Å². The topological polar surface area (TPSA) is 45.8 Å². The minimum atomic E-state index is 0.128. The molecule has 3 heteroatoms. The fourth-order valence-corrected chi connectivity index (χ4v) is 0.608. The van der Waals surface area contributed by atoms with Gasteiger partial charge in [0.25, 0.3) is 0 Å². The third-order valence-corrected chi connectivity index (χ3v) is 1.14. The van der Waals surface area contributed by atoms with E-state index in [4.69, 9.17) is 0 Å². The van der Waals surface area contributed by atoms with Gasteiger partial charge in [0, 0.05) is 12.6 Å². The van der Waals surface area contributed by atoms with Gasteiger partial charge in [-0.3, -0.25) is 9.89 Å². The van der Waals surface area contributed by atoms with Crippen molar-refractivity contribution in [3.8, 4) is 0 Å². The van der Waals surface area contributed by atoms with Crippen LogP contribution < -0.4 is 0 Å². The third kappa shape index (κ3) is 2.98. The van der Waals surface area contributed by atoms with E-state index in [-0.39, 0.29) is 5.78 Å². The van der Waals surface area contributed by atoms with Crippen molar-refractivity contribution in [3.63, 3.8) is 0 Å². The molecule has 1 N–H and O–H groups in total. The summed E-state index contributed by atoms with van der Waals surface area (Å²) in [6.45, 7) is 5.83. The van der Waals surface area contributed by atoms with Crippen LogP contribution in [-0.2, 0) is 0 Å². The number of nitrogens with zero attached hydrogens (tertiary/aromatic N) is 1. The lowest BCUT2D eigenvalue weighted by Crippen LogP contribution is -1.92. The van der Waals surface area contributed by atoms with Crippen molar-refractivity contribution in [2.45, 2.75) is 27.2 Å². The first-order valence-electron chi connectivity index (χ1n) is 3.86. The second-order valence-electron chi connectivity index (χ2n) is 1.76. The SMILES string of the molecule is CC.CCC(=O)c1cn[nH]c1. The van der Waals surface area contributed by atoms with Gasteiger partial charge in [-0.2, -0.15) is 5.10 Å². The smallest absolute Gasteiger partial charge is 0.165 e. The summed E-state index contributed by atoms with van der Waals surface area (Å²) in [4.78, 5) is 10.8. The van der Waals surface area contributed by atoms with Gasteiger partial charge < -0.3 is 0 Å². The summed E-state index contributed by atoms with van der Waals surface area (Å²) in [5, 5.41) is 6.22. The fraction of sp³-hybridized carbons (Fsp3) is 0.500. The standard InChI is InChI=1S/C6H8N2O.C2H6/c1-2-6(9)5-3-7-8-4-5;1-2/h3-4H,2H2,1H3,(H,7,8);1-2H3. The molecule has 0 aliphatic heterocycles. The highest BCUT2D eigenvalue weighted by Gasteiger charge is 2.01. The molecule has 1 rings (SSSR count). The van der Waals surface area contributed by atoms with E-state index in [0.29, 0.717) is 12.0 Å². The first-order valence-corrected chi connectivity index (χ1v) is 3.86. The summed E-state index contributed by atoms with van der Waals surface area (Å²) in [6, 6.07) is 0. The number of Topliss-reactive ketones (excluding diaryl/α,β-unsaturated/α-hetero) is 1. The van der Waals surface area contributed by atoms with Crippen LogP contribution in [0.25, 0.3) is 0 Å². The molecule has 1 heterocycles. The molecule has 0 aliphatic rings. The number of H-pyrrole nitrogens is 1. The molecule has 11 heavy (non-hydrogen) atoms. The molecular formula is C8H14N2O. The molecule has 0 fully saturated rings. The highest BCUT2D eigenvalue weighted by molar-refractivity contribution is 5.95. The zero-order valence-corrected chi connectivity index (χ0v) is 7.22. The molecule has 0 amide bonds. The number of rotatable bonds is 2. The van der Waals surface area contributed by atoms with Crippen molar-refractivity contribution >= 4 is 5.78 Å². The van der Waals surface area contributed by atoms with Gasteiger partial charge in [0.15, 0.2) is 5.78 Å². The number of aromatic amines is 1. The molecule has 0 saturated carbocycles. The molecule has 62 valence electrons. The van der Waals surface area contributed by atoms with Crippen LogP contribution in [0.4, 0.5) is 0 Å². The van der Waals surface area contributed by atoms with Gasteiger partial charge in [-0.05, 0) is 0 Å². The van der Waals surface area contributed by atoms with Gasteiger partial charge in [-0.15, -0.1) is 0 Å². The molecule has 0 aliphatic carbocycles. The van der Waals surface area contributed by atoms with Crippen molar-refractivity contribution in [1.29, 1.82) is 0 Å². The lowest BCUT2D eigenvalue weighted by atomic mass is 10.2. The number of ketones is 1. The molecule has 1 aromatic heterocycles. The summed E-state index contributed by atoms with van der Waals surface area (Å²) < 4.78 is 0. The van der Waals surface area contributed by atoms with E-state index in [0.717, 1.165) is 0 Å². The Labute approximate surface area is 66.8 Å². The Bertz CT molecular complexity index is 192. The van der Waals surface area contributed by atoms with Crippen LogP contribution in [-0.4, -0.2) is 16.0 Å². The maximum absolute atomic E-state index is 10.8. The predicted octanol–water partition coefficient (Wildman–Crippen LogP) is 2.03. The Morgan fingerprint density at radius 3 is 2.64 bits per heavy atom. The molecule has 0 saturated heterocycles. The summed E-state index contributed by atoms with van der Waals surface area (Å²) in [5.74, 6) is 0.128. The third-order valence-electron chi connectivity index (χ3n) is 1.14. The molecule has 1 aromatic rings. The van der Waals surface area contributed by atoms with E-state index in [1.807, 2.05) is 20.8 Å². The number of hydrogen-bond donors (Lipinski definition) is 1. The highest BCUT2D eigenvalue weighted by atomic mass is 16.1. The fourth-order valence-electron chi connectivity index (χ4n) is 0.608. The minimum absolute atomic E-state index is 0.128. The number of hydrogen-bond acceptors (Lipinski definition) is 2. The summed E-state index contributed by atoms with van der Waals surface area (Å²) >= 11 is 0. The first kappa shape index (κ1) is 9.88. The van der Waals surface area contributed by atoms with Gasteiger partial charge in [0.05, 0.1) is 11.8 Å². The van der Waals surface area contributed by atoms with Crippen LogP contribution in [0, 0.1) is 0 Å². The van der Waals surface area contributed by atoms with E-state index in [1.165, 1.54) is 6.20 Å². The van der Waals surface area contributed by atoms with Crippen molar-refractivity contribution in [1.82, 2.24) is 10.2 Å². The minimum Gasteiger partial charge on any atom is -0.294 e. The second kappa shape index (κ2) is 5.65. The number of carbonyl (C=O) groups excluding carboxylic acids is 1. The highest BCUT2D eigenvalue weighted by Crippen LogP contribution is 1.97. The quantitative estimate of drug-likeness (QED) is 0.662. The van der Waals surface area contributed by atoms with Gasteiger partial charge in [-0.25, -0.2) is 0 Å². The Kier molecular flexibility index (Phi) is 5.07. The molecule has 3 nitrogen and oxygen atoms in total. The van der Waals surface area contributed by atoms with Gasteiger partial charge in [0.2, 0.25) is 0 Å². The average molecular weight is 154 g/mol. The zero-order chi connectivity index (χ0) is 8.69. The van der Waals surface area contributed by atoms with Gasteiger partial charge in [-0.1, -0.05) is 20.8 Å². The lowest BCUT2D eigenvalue weighted by Gasteiger charge is -1.85. The second-order valence-corrected chi connectivity index (χ2v) is 1.76. The molecule has 0 aromatic carbocycles. The monoisotopic (exact) mass is 154 g/mol. The molecule has 0 spiro atoms. The molecule has 0 atom stereocenters. The van der Waals surface area contributed by atoms with E-state index in [1.54, 1.807) is 6.20 Å². The molecular weight excluding hydrogens is 140 g/mol. The Balaban J connectivity index is 0.000000461. The van der Waals surface area contributed by atoms with Crippen LogP contribution in [0.1, 0.15) is 37.6 Å². The van der Waals surface area contributed by atoms with Crippen LogP contribution in [0.2, 0.25) is 0 Å². The van der Waals surface area contributed by atoms with E-state index in [2.05, 4.69) is 10.2 Å². The van der Waals surface area contributed by atoms with Crippen molar-refractivity contribution in [3.05, 3.63) is 18.0 Å². The normalized spacial score (nSPS) is 8.27. The van der Waals surface area contributed by atoms with E-state index in [9.17, 15) is 4.79 Å². The van der Waals surface area contributed by atoms with Crippen molar-refractivity contribution in [2.75, 3.05) is 0 Å². The maximum atomic E-state index is 10.8. The average Bonchev–Trinajstić information content (AvgIpc) is 2.59. The summed E-state index contributed by atoms with van der Waals surface area (Å²) in [5.41, 5.74) is 0.664. The zero-order valence-electron chi connectivity index (χ0n) is 7.22. The first-order chi connectivity index (χ1) is 5.34.